The second-order valence-electron chi connectivity index (χ2n) is 37.3. The molecule has 7 aliphatic heterocycles. The number of allylic oxidation sites excluding steroid dienone is 1. The third-order valence-electron chi connectivity index (χ3n) is 26.3. The number of nitrogens with zero attached hydrogens (tertiary/aromatic N) is 27. The summed E-state index contributed by atoms with van der Waals surface area (Å²) in [7, 11) is 0. The molecule has 43 nitrogen and oxygen atoms in total. The summed E-state index contributed by atoms with van der Waals surface area (Å²) in [6.07, 6.45) is 18.1. The SMILES string of the molecule is CC(C)NC(=O)Cn1cnc2c(-c3cccc(O)c3)nc(N3CCOCC3)nc21.CC1CN(c2nc(-c3cccc4c3C=CC4)c3ncn(CC#N)c3n2)CC(C)O1.O=C(Cn1cnc2c(-c3cccc(O)c3)nc(N3CCOCC3)nc21)N1CCOCC1.O=C(Cn1cnc2c(-c3cccc(O)c3)nc(N3CCOCC3)nc21)NC1CC1.Oc1cccc(-c2nc(N3CCOCC3)nc3c2ncn3C2CCNCC2)c1. The predicted octanol–water partition coefficient (Wildman–Crippen LogP) is 8.93. The van der Waals surface area contributed by atoms with Gasteiger partial charge in [-0.25, -0.2) is 49.8 Å². The maximum absolute atomic E-state index is 12.8. The average Bonchev–Trinajstić information content (AvgIpc) is 1.61. The molecule has 15 aromatic rings. The molecule has 5 aromatic carbocycles. The number of rotatable bonds is 20. The van der Waals surface area contributed by atoms with E-state index in [-0.39, 0.29) is 85.1 Å². The lowest BCUT2D eigenvalue weighted by Gasteiger charge is -2.35. The Morgan fingerprint density at radius 2 is 0.801 bits per heavy atom. The van der Waals surface area contributed by atoms with E-state index in [9.17, 15) is 40.1 Å². The van der Waals surface area contributed by atoms with E-state index in [0.717, 1.165) is 127 Å². The van der Waals surface area contributed by atoms with Gasteiger partial charge in [-0.1, -0.05) is 78.9 Å². The van der Waals surface area contributed by atoms with Gasteiger partial charge >= 0.3 is 0 Å². The fourth-order valence-electron chi connectivity index (χ4n) is 19.0. The van der Waals surface area contributed by atoms with Crippen molar-refractivity contribution >= 4 is 109 Å². The summed E-state index contributed by atoms with van der Waals surface area (Å²) in [4.78, 5) is 121. The summed E-state index contributed by atoms with van der Waals surface area (Å²) in [5.74, 6) is 3.59. The zero-order valence-electron chi connectivity index (χ0n) is 81.8. The Hall–Kier alpha value is -15.6. The van der Waals surface area contributed by atoms with Crippen molar-refractivity contribution in [3.05, 3.63) is 164 Å². The summed E-state index contributed by atoms with van der Waals surface area (Å²) in [6, 6.07) is 37.2. The highest BCUT2D eigenvalue weighted by Gasteiger charge is 2.33. The lowest BCUT2D eigenvalue weighted by atomic mass is 10.0. The molecule has 2 unspecified atom stereocenters. The molecule has 2 atom stereocenters. The minimum absolute atomic E-state index is 0.00744. The number of ether oxygens (including phenoxy) is 6. The van der Waals surface area contributed by atoms with Crippen LogP contribution in [0.15, 0.2) is 153 Å². The number of aromatic hydroxyl groups is 4. The van der Waals surface area contributed by atoms with Gasteiger partial charge in [-0.3, -0.25) is 14.4 Å². The number of imidazole rings is 5. The van der Waals surface area contributed by atoms with E-state index in [0.29, 0.717) is 216 Å². The lowest BCUT2D eigenvalue weighted by Crippen LogP contribution is -2.46. The summed E-state index contributed by atoms with van der Waals surface area (Å²) < 4.78 is 42.3. The molecule has 0 bridgehead atoms. The van der Waals surface area contributed by atoms with Crippen LogP contribution in [0.4, 0.5) is 29.7 Å². The van der Waals surface area contributed by atoms with Gasteiger partial charge in [-0.15, -0.1) is 0 Å². The molecule has 9 aliphatic rings. The normalized spacial score (nSPS) is 17.6. The molecular weight excluding hydrogens is 1870 g/mol. The van der Waals surface area contributed by atoms with Gasteiger partial charge in [0, 0.05) is 124 Å². The molecule has 43 heteroatoms. The van der Waals surface area contributed by atoms with Gasteiger partial charge in [0.15, 0.2) is 28.2 Å². The third kappa shape index (κ3) is 22.6. The lowest BCUT2D eigenvalue weighted by molar-refractivity contribution is -0.135. The first-order valence-corrected chi connectivity index (χ1v) is 49.7. The number of phenolic OH excluding ortho intramolecular Hbond substituents is 4. The van der Waals surface area contributed by atoms with Crippen LogP contribution in [0.5, 0.6) is 23.0 Å². The minimum Gasteiger partial charge on any atom is -0.508 e. The van der Waals surface area contributed by atoms with Crippen LogP contribution >= 0.6 is 0 Å². The Morgan fingerprint density at radius 3 is 1.23 bits per heavy atom. The zero-order chi connectivity index (χ0) is 100. The molecule has 146 heavy (non-hydrogen) atoms. The number of nitriles is 1. The van der Waals surface area contributed by atoms with E-state index in [1.807, 2.05) is 50.5 Å². The van der Waals surface area contributed by atoms with Crippen molar-refractivity contribution in [1.82, 2.24) is 118 Å². The highest BCUT2D eigenvalue weighted by atomic mass is 16.5. The first kappa shape index (κ1) is 97.8. The van der Waals surface area contributed by atoms with E-state index in [4.69, 9.17) is 78.3 Å². The molecule has 1 saturated carbocycles. The Balaban J connectivity index is 0.000000111. The number of carbonyl (C=O) groups is 3. The summed E-state index contributed by atoms with van der Waals surface area (Å²) in [6.45, 7) is 25.1. The van der Waals surface area contributed by atoms with Gasteiger partial charge in [-0.2, -0.15) is 30.2 Å². The second-order valence-corrected chi connectivity index (χ2v) is 37.3. The molecular formula is C103H116N30O13. The highest BCUT2D eigenvalue weighted by molar-refractivity contribution is 5.96. The third-order valence-corrected chi connectivity index (χ3v) is 26.3. The van der Waals surface area contributed by atoms with Gasteiger partial charge in [-0.05, 0) is 133 Å². The van der Waals surface area contributed by atoms with Crippen LogP contribution < -0.4 is 40.4 Å². The summed E-state index contributed by atoms with van der Waals surface area (Å²) in [5, 5.41) is 58.3. The summed E-state index contributed by atoms with van der Waals surface area (Å²) >= 11 is 0. The monoisotopic (exact) mass is 1980 g/mol. The molecule has 0 radical (unpaired) electrons. The van der Waals surface area contributed by atoms with Gasteiger partial charge in [0.1, 0.15) is 105 Å². The number of fused-ring (bicyclic) bond motifs is 6. The van der Waals surface area contributed by atoms with Gasteiger partial charge in [0.05, 0.1) is 116 Å². The first-order chi connectivity index (χ1) is 71.3. The van der Waals surface area contributed by atoms with Gasteiger partial charge in [0.25, 0.3) is 0 Å². The minimum atomic E-state index is -0.107. The fourth-order valence-corrected chi connectivity index (χ4v) is 19.0. The van der Waals surface area contributed by atoms with Crippen LogP contribution in [0.1, 0.15) is 70.5 Å². The average molecular weight is 1980 g/mol. The van der Waals surface area contributed by atoms with Crippen LogP contribution in [0.2, 0.25) is 0 Å². The number of carbonyl (C=O) groups excluding carboxylic acids is 3. The van der Waals surface area contributed by atoms with Crippen molar-refractivity contribution in [2.24, 2.45) is 0 Å². The Bertz CT molecular complexity index is 7110. The van der Waals surface area contributed by atoms with Crippen LogP contribution in [0.25, 0.3) is 118 Å². The topological polar surface area (TPSA) is 485 Å². The maximum atomic E-state index is 12.8. The molecule has 7 N–H and O–H groups in total. The molecule has 3 amide bonds. The number of phenols is 4. The van der Waals surface area contributed by atoms with Crippen molar-refractivity contribution in [1.29, 1.82) is 5.26 Å². The number of piperidine rings is 1. The molecule has 0 spiro atoms. The molecule has 24 rings (SSSR count). The van der Waals surface area contributed by atoms with Crippen LogP contribution in [0, 0.1) is 11.3 Å². The molecule has 10 aromatic heterocycles. The van der Waals surface area contributed by atoms with Crippen molar-refractivity contribution < 1.29 is 63.2 Å². The van der Waals surface area contributed by atoms with Crippen LogP contribution in [-0.2, 0) is 75.4 Å². The molecule has 17 heterocycles. The smallest absolute Gasteiger partial charge is 0.242 e. The molecule has 8 fully saturated rings. The van der Waals surface area contributed by atoms with Crippen LogP contribution in [-0.4, -0.2) is 323 Å². The number of anilines is 5. The number of hydrogen-bond acceptors (Lipinski definition) is 35. The van der Waals surface area contributed by atoms with Crippen LogP contribution in [0.3, 0.4) is 0 Å². The number of hydrogen-bond donors (Lipinski definition) is 7. The van der Waals surface area contributed by atoms with Crippen molar-refractivity contribution in [3.8, 4) is 85.4 Å². The standard InChI is InChI=1S/C22H22N6O.C21H24N6O4.C20H22N6O3.C20H24N6O3.C20H24N6O2/c1-14-11-28(12-15(2)29-14)22-25-19(18-8-4-6-16-5-3-7-17(16)18)20-21(26-22)27(10-9-23)13-24-20;28-16-3-1-2-15(12-16)18-19-20(24-21(23-18)26-6-10-31-11-7-26)27(14-22-19)13-17(29)25-4-8-30-9-5-25;27-15-3-1-2-13(10-15)17-18-19(24-20(23-17)25-6-8-29-9-7-25)26(12-21-18)11-16(28)22-14-4-5-14;1-13(2)22-16(28)11-26-12-21-18-17(14-4-3-5-15(27)10-14)23-20(24-19(18)26)25-6-8-29-9-7-25;27-16-3-1-2-14(12-16)17-18-19(24-20(23-17)25-8-10-28-11-9-25)26(13-22-18)15-4-6-21-7-5-15/h3-4,6-8,13-15H,5,10-12H2,1-2H3;1-3,12,14,28H,4-11,13H2;1-3,10,12,14,27H,4-9,11H2,(H,22,28);3-5,10,12-13,27H,6-9,11H2,1-2H3,(H,22,28);1-3,12-13,15,21,27H,4-11H2. The molecule has 2 aliphatic carbocycles. The highest BCUT2D eigenvalue weighted by Crippen LogP contribution is 2.40. The summed E-state index contributed by atoms with van der Waals surface area (Å²) in [5.41, 5.74) is 16.7. The van der Waals surface area contributed by atoms with E-state index >= 15 is 0 Å². The number of morpholine rings is 6. The predicted molar refractivity (Wildman–Crippen MR) is 546 cm³/mol. The van der Waals surface area contributed by atoms with Gasteiger partial charge in [0.2, 0.25) is 47.5 Å². The van der Waals surface area contributed by atoms with E-state index in [1.54, 1.807) is 115 Å². The van der Waals surface area contributed by atoms with E-state index in [1.165, 1.54) is 11.1 Å². The largest absolute Gasteiger partial charge is 0.508 e. The number of benzene rings is 5. The maximum Gasteiger partial charge on any atom is 0.242 e. The fraction of sp³-hybridized carbons (Fsp3) is 0.408. The van der Waals surface area contributed by atoms with E-state index in [2.05, 4.69) is 120 Å². The van der Waals surface area contributed by atoms with Crippen molar-refractivity contribution in [2.45, 2.75) is 116 Å². The molecule has 756 valence electrons. The Kier molecular flexibility index (Phi) is 30.0. The molecule has 7 saturated heterocycles. The number of nitrogens with one attached hydrogen (secondary N) is 3. The quantitative estimate of drug-likeness (QED) is 0.0374. The Morgan fingerprint density at radius 1 is 0.432 bits per heavy atom. The number of amides is 3. The van der Waals surface area contributed by atoms with Crippen molar-refractivity contribution in [3.63, 3.8) is 0 Å². The van der Waals surface area contributed by atoms with Gasteiger partial charge < -0.3 is 117 Å². The zero-order valence-corrected chi connectivity index (χ0v) is 81.8. The Labute approximate surface area is 839 Å². The van der Waals surface area contributed by atoms with Crippen molar-refractivity contribution in [2.75, 3.05) is 182 Å². The second kappa shape index (κ2) is 44.7. The number of aromatic nitrogens is 20. The first-order valence-electron chi connectivity index (χ1n) is 49.7. The van der Waals surface area contributed by atoms with E-state index < -0.39 is 0 Å².